The largest absolute Gasteiger partial charge is 0.393 e. The zero-order valence-corrected chi connectivity index (χ0v) is 11.4. The van der Waals surface area contributed by atoms with E-state index in [0.717, 1.165) is 31.4 Å². The minimum atomic E-state index is -0.0858. The minimum Gasteiger partial charge on any atom is -0.393 e. The van der Waals surface area contributed by atoms with Crippen molar-refractivity contribution < 1.29 is 5.11 Å². The summed E-state index contributed by atoms with van der Waals surface area (Å²) in [5.74, 6) is 0. The topological polar surface area (TPSA) is 38.0 Å². The molecule has 1 saturated carbocycles. The van der Waals surface area contributed by atoms with Gasteiger partial charge in [-0.3, -0.25) is 4.68 Å². The number of rotatable bonds is 1. The van der Waals surface area contributed by atoms with Gasteiger partial charge in [-0.25, -0.2) is 0 Å². The van der Waals surface area contributed by atoms with Gasteiger partial charge in [0.1, 0.15) is 0 Å². The Morgan fingerprint density at radius 3 is 2.33 bits per heavy atom. The van der Waals surface area contributed by atoms with Crippen LogP contribution in [0.25, 0.3) is 0 Å². The van der Waals surface area contributed by atoms with E-state index in [-0.39, 0.29) is 6.10 Å². The van der Waals surface area contributed by atoms with Crippen LogP contribution in [0.15, 0.2) is 0 Å². The van der Waals surface area contributed by atoms with Crippen molar-refractivity contribution >= 4 is 22.6 Å². The molecule has 0 spiro atoms. The fourth-order valence-corrected chi connectivity index (χ4v) is 2.66. The summed E-state index contributed by atoms with van der Waals surface area (Å²) in [5.41, 5.74) is 2.40. The second-order valence-corrected chi connectivity index (χ2v) is 5.47. The summed E-state index contributed by atoms with van der Waals surface area (Å²) >= 11 is 2.36. The van der Waals surface area contributed by atoms with Gasteiger partial charge < -0.3 is 5.11 Å². The summed E-state index contributed by atoms with van der Waals surface area (Å²) in [7, 11) is 0. The molecule has 0 unspecified atom stereocenters. The lowest BCUT2D eigenvalue weighted by Gasteiger charge is -2.26. The number of hydrogen-bond acceptors (Lipinski definition) is 2. The zero-order valence-electron chi connectivity index (χ0n) is 9.20. The zero-order chi connectivity index (χ0) is 11.0. The number of aliphatic hydroxyl groups is 1. The van der Waals surface area contributed by atoms with E-state index in [4.69, 9.17) is 0 Å². The number of halogens is 1. The molecule has 0 aliphatic heterocycles. The molecule has 1 aliphatic rings. The lowest BCUT2D eigenvalue weighted by molar-refractivity contribution is 0.107. The van der Waals surface area contributed by atoms with Crippen molar-refractivity contribution in [2.24, 2.45) is 0 Å². The first kappa shape index (κ1) is 11.4. The summed E-state index contributed by atoms with van der Waals surface area (Å²) in [4.78, 5) is 0. The van der Waals surface area contributed by atoms with Gasteiger partial charge in [0.05, 0.1) is 21.4 Å². The maximum Gasteiger partial charge on any atom is 0.0730 e. The Balaban J connectivity index is 2.19. The van der Waals surface area contributed by atoms with Crippen LogP contribution in [-0.4, -0.2) is 21.0 Å². The highest BCUT2D eigenvalue weighted by Gasteiger charge is 2.23. The highest BCUT2D eigenvalue weighted by molar-refractivity contribution is 14.1. The summed E-state index contributed by atoms with van der Waals surface area (Å²) in [6.45, 7) is 4.19. The first-order valence-corrected chi connectivity index (χ1v) is 6.56. The van der Waals surface area contributed by atoms with Gasteiger partial charge in [-0.2, -0.15) is 5.10 Å². The van der Waals surface area contributed by atoms with Gasteiger partial charge in [0.2, 0.25) is 0 Å². The van der Waals surface area contributed by atoms with E-state index in [1.807, 2.05) is 0 Å². The van der Waals surface area contributed by atoms with Crippen LogP contribution in [0.4, 0.5) is 0 Å². The molecule has 15 heavy (non-hydrogen) atoms. The van der Waals surface area contributed by atoms with Crippen LogP contribution in [0, 0.1) is 17.4 Å². The third-order valence-electron chi connectivity index (χ3n) is 3.25. The molecule has 4 heteroatoms. The number of aliphatic hydroxyl groups excluding tert-OH is 1. The predicted molar refractivity (Wildman–Crippen MR) is 67.9 cm³/mol. The van der Waals surface area contributed by atoms with Crippen LogP contribution in [0.2, 0.25) is 0 Å². The maximum atomic E-state index is 9.47. The van der Waals surface area contributed by atoms with Gasteiger partial charge in [0, 0.05) is 5.69 Å². The van der Waals surface area contributed by atoms with Crippen molar-refractivity contribution in [3.05, 3.63) is 15.0 Å². The first-order valence-electron chi connectivity index (χ1n) is 5.49. The average Bonchev–Trinajstić information content (AvgIpc) is 2.47. The second kappa shape index (κ2) is 4.41. The third kappa shape index (κ3) is 2.20. The van der Waals surface area contributed by atoms with Crippen LogP contribution < -0.4 is 0 Å². The molecule has 0 aromatic carbocycles. The second-order valence-electron chi connectivity index (χ2n) is 4.39. The fourth-order valence-electron chi connectivity index (χ4n) is 2.30. The number of aryl methyl sites for hydroxylation is 1. The molecule has 1 aliphatic carbocycles. The van der Waals surface area contributed by atoms with Gasteiger partial charge in [0.25, 0.3) is 0 Å². The van der Waals surface area contributed by atoms with Crippen molar-refractivity contribution in [2.75, 3.05) is 0 Å². The monoisotopic (exact) mass is 320 g/mol. The summed E-state index contributed by atoms with van der Waals surface area (Å²) in [6, 6.07) is 0.496. The van der Waals surface area contributed by atoms with Crippen LogP contribution in [0.1, 0.15) is 43.1 Å². The minimum absolute atomic E-state index is 0.0858. The molecule has 0 amide bonds. The Hall–Kier alpha value is -0.100. The third-order valence-corrected chi connectivity index (χ3v) is 4.81. The number of hydrogen-bond donors (Lipinski definition) is 1. The summed E-state index contributed by atoms with van der Waals surface area (Å²) in [6.07, 6.45) is 3.86. The molecule has 1 aromatic rings. The molecule has 1 aromatic heterocycles. The van der Waals surface area contributed by atoms with Crippen LogP contribution in [0.3, 0.4) is 0 Å². The Morgan fingerprint density at radius 2 is 1.87 bits per heavy atom. The fraction of sp³-hybridized carbons (Fsp3) is 0.727. The molecule has 0 bridgehead atoms. The molecule has 0 atom stereocenters. The van der Waals surface area contributed by atoms with Gasteiger partial charge in [-0.15, -0.1) is 0 Å². The number of aromatic nitrogens is 2. The van der Waals surface area contributed by atoms with Crippen LogP contribution in [-0.2, 0) is 0 Å². The molecule has 1 N–H and O–H groups in total. The standard InChI is InChI=1S/C11H17IN2O/c1-7-11(12)8(2)14(13-7)9-3-5-10(15)6-4-9/h9-10,15H,3-6H2,1-2H3/t9-,10-. The molecule has 2 rings (SSSR count). The quantitative estimate of drug-likeness (QED) is 0.808. The Labute approximate surface area is 104 Å². The van der Waals surface area contributed by atoms with E-state index in [0.29, 0.717) is 6.04 Å². The summed E-state index contributed by atoms with van der Waals surface area (Å²) in [5, 5.41) is 14.1. The molecule has 0 saturated heterocycles. The summed E-state index contributed by atoms with van der Waals surface area (Å²) < 4.78 is 3.43. The SMILES string of the molecule is Cc1nn([C@H]2CC[C@H](O)CC2)c(C)c1I. The van der Waals surface area contributed by atoms with E-state index < -0.39 is 0 Å². The molecular weight excluding hydrogens is 303 g/mol. The van der Waals surface area contributed by atoms with Crippen molar-refractivity contribution in [2.45, 2.75) is 51.7 Å². The lowest BCUT2D eigenvalue weighted by atomic mass is 9.93. The highest BCUT2D eigenvalue weighted by Crippen LogP contribution is 2.30. The normalized spacial score (nSPS) is 26.9. The lowest BCUT2D eigenvalue weighted by Crippen LogP contribution is -2.22. The Morgan fingerprint density at radius 1 is 1.27 bits per heavy atom. The van der Waals surface area contributed by atoms with E-state index in [9.17, 15) is 5.11 Å². The molecule has 84 valence electrons. The maximum absolute atomic E-state index is 9.47. The number of nitrogens with zero attached hydrogens (tertiary/aromatic N) is 2. The van der Waals surface area contributed by atoms with Crippen LogP contribution in [0.5, 0.6) is 0 Å². The van der Waals surface area contributed by atoms with E-state index in [1.54, 1.807) is 0 Å². The van der Waals surface area contributed by atoms with E-state index in [2.05, 4.69) is 46.2 Å². The molecule has 0 radical (unpaired) electrons. The Bertz CT molecular complexity index is 354. The van der Waals surface area contributed by atoms with Crippen molar-refractivity contribution in [3.63, 3.8) is 0 Å². The van der Waals surface area contributed by atoms with Crippen molar-refractivity contribution in [3.8, 4) is 0 Å². The smallest absolute Gasteiger partial charge is 0.0730 e. The van der Waals surface area contributed by atoms with Crippen molar-refractivity contribution in [1.29, 1.82) is 0 Å². The van der Waals surface area contributed by atoms with Gasteiger partial charge in [-0.05, 0) is 62.1 Å². The van der Waals surface area contributed by atoms with Crippen molar-refractivity contribution in [1.82, 2.24) is 9.78 Å². The molecular formula is C11H17IN2O. The van der Waals surface area contributed by atoms with E-state index >= 15 is 0 Å². The molecule has 3 nitrogen and oxygen atoms in total. The molecule has 1 fully saturated rings. The van der Waals surface area contributed by atoms with Gasteiger partial charge >= 0.3 is 0 Å². The highest BCUT2D eigenvalue weighted by atomic mass is 127. The first-order chi connectivity index (χ1) is 7.09. The van der Waals surface area contributed by atoms with Crippen LogP contribution >= 0.6 is 22.6 Å². The molecule has 1 heterocycles. The van der Waals surface area contributed by atoms with Gasteiger partial charge in [0.15, 0.2) is 0 Å². The van der Waals surface area contributed by atoms with Gasteiger partial charge in [-0.1, -0.05) is 0 Å². The predicted octanol–water partition coefficient (Wildman–Crippen LogP) is 2.58. The van der Waals surface area contributed by atoms with E-state index in [1.165, 1.54) is 9.26 Å². The Kier molecular flexibility index (Phi) is 3.35. The average molecular weight is 320 g/mol.